The minimum atomic E-state index is -0.882. The largest absolute Gasteiger partial charge is 0.491 e. The number of urea groups is 1. The third kappa shape index (κ3) is 5.65. The average Bonchev–Trinajstić information content (AvgIpc) is 3.09. The maximum Gasteiger partial charge on any atom is 0.319 e. The topological polar surface area (TPSA) is 93.0 Å². The fourth-order valence-corrected chi connectivity index (χ4v) is 1.82. The molecule has 0 fully saturated rings. The molecule has 0 spiro atoms. The average molecular weight is 320 g/mol. The summed E-state index contributed by atoms with van der Waals surface area (Å²) in [4.78, 5) is 11.8. The number of furan rings is 1. The van der Waals surface area contributed by atoms with Gasteiger partial charge in [-0.05, 0) is 36.4 Å². The van der Waals surface area contributed by atoms with Gasteiger partial charge in [-0.15, -0.1) is 0 Å². The number of carbonyl (C=O) groups excluding carboxylic acids is 1. The first-order chi connectivity index (χ1) is 11.2. The lowest BCUT2D eigenvalue weighted by molar-refractivity contribution is 0.146. The van der Waals surface area contributed by atoms with Crippen molar-refractivity contribution in [1.29, 1.82) is 0 Å². The van der Waals surface area contributed by atoms with Crippen molar-refractivity contribution < 1.29 is 23.8 Å². The van der Waals surface area contributed by atoms with E-state index < -0.39 is 12.1 Å². The van der Waals surface area contributed by atoms with Crippen molar-refractivity contribution in [1.82, 2.24) is 5.32 Å². The molecule has 0 radical (unpaired) electrons. The molecular weight excluding hydrogens is 300 g/mol. The number of aliphatic hydroxyl groups is 1. The minimum Gasteiger partial charge on any atom is -0.491 e. The second-order valence-electron chi connectivity index (χ2n) is 4.73. The molecule has 1 heterocycles. The van der Waals surface area contributed by atoms with Gasteiger partial charge in [0.2, 0.25) is 0 Å². The van der Waals surface area contributed by atoms with E-state index in [4.69, 9.17) is 13.9 Å². The molecule has 23 heavy (non-hydrogen) atoms. The van der Waals surface area contributed by atoms with Gasteiger partial charge < -0.3 is 29.6 Å². The summed E-state index contributed by atoms with van der Waals surface area (Å²) in [7, 11) is 1.61. The second-order valence-corrected chi connectivity index (χ2v) is 4.73. The number of ether oxygens (including phenoxy) is 2. The molecular formula is C16H20N2O5. The second kappa shape index (κ2) is 8.82. The van der Waals surface area contributed by atoms with Gasteiger partial charge in [0.15, 0.2) is 0 Å². The molecule has 0 saturated carbocycles. The van der Waals surface area contributed by atoms with E-state index in [2.05, 4.69) is 10.6 Å². The molecule has 1 unspecified atom stereocenters. The Balaban J connectivity index is 1.74. The highest BCUT2D eigenvalue weighted by atomic mass is 16.5. The molecule has 1 atom stereocenters. The Bertz CT molecular complexity index is 583. The lowest BCUT2D eigenvalue weighted by atomic mass is 10.3. The van der Waals surface area contributed by atoms with Crippen LogP contribution in [0.2, 0.25) is 0 Å². The molecule has 0 saturated heterocycles. The highest BCUT2D eigenvalue weighted by Crippen LogP contribution is 2.16. The third-order valence-corrected chi connectivity index (χ3v) is 3.00. The summed E-state index contributed by atoms with van der Waals surface area (Å²) in [5.74, 6) is 1.10. The van der Waals surface area contributed by atoms with E-state index in [9.17, 15) is 9.90 Å². The highest BCUT2D eigenvalue weighted by Gasteiger charge is 2.11. The van der Waals surface area contributed by atoms with E-state index in [1.165, 1.54) is 6.26 Å². The number of amides is 2. The molecule has 3 N–H and O–H groups in total. The molecule has 0 aliphatic heterocycles. The number of methoxy groups -OCH3 is 1. The highest BCUT2D eigenvalue weighted by molar-refractivity contribution is 5.89. The fraction of sp³-hybridized carbons (Fsp3) is 0.312. The minimum absolute atomic E-state index is 0.0531. The summed E-state index contributed by atoms with van der Waals surface area (Å²) in [5.41, 5.74) is 0.620. The lowest BCUT2D eigenvalue weighted by Crippen LogP contribution is -2.32. The molecule has 2 rings (SSSR count). The van der Waals surface area contributed by atoms with Crippen LogP contribution in [0.5, 0.6) is 5.75 Å². The smallest absolute Gasteiger partial charge is 0.319 e. The fourth-order valence-electron chi connectivity index (χ4n) is 1.82. The van der Waals surface area contributed by atoms with E-state index >= 15 is 0 Å². The summed E-state index contributed by atoms with van der Waals surface area (Å²) in [6, 6.07) is 9.87. The maximum atomic E-state index is 11.8. The van der Waals surface area contributed by atoms with Crippen molar-refractivity contribution in [2.45, 2.75) is 6.10 Å². The summed E-state index contributed by atoms with van der Waals surface area (Å²) in [6.07, 6.45) is 0.585. The molecule has 2 amide bonds. The maximum absolute atomic E-state index is 11.8. The van der Waals surface area contributed by atoms with Crippen molar-refractivity contribution in [2.24, 2.45) is 0 Å². The predicted octanol–water partition coefficient (Wildman–Crippen LogP) is 2.16. The zero-order chi connectivity index (χ0) is 16.5. The standard InChI is InChI=1S/C16H20N2O5/c1-21-9-10-22-13-6-4-12(5-7-13)18-16(20)17-11-14(19)15-3-2-8-23-15/h2-8,14,19H,9-11H2,1H3,(H2,17,18,20). The molecule has 0 bridgehead atoms. The molecule has 1 aromatic heterocycles. The van der Waals surface area contributed by atoms with Crippen LogP contribution in [0.3, 0.4) is 0 Å². The number of nitrogens with one attached hydrogen (secondary N) is 2. The van der Waals surface area contributed by atoms with Gasteiger partial charge in [0, 0.05) is 12.8 Å². The van der Waals surface area contributed by atoms with Crippen LogP contribution < -0.4 is 15.4 Å². The lowest BCUT2D eigenvalue weighted by Gasteiger charge is -2.11. The van der Waals surface area contributed by atoms with Crippen molar-refractivity contribution >= 4 is 11.7 Å². The van der Waals surface area contributed by atoms with Gasteiger partial charge in [-0.25, -0.2) is 4.79 Å². The van der Waals surface area contributed by atoms with Crippen molar-refractivity contribution in [3.8, 4) is 5.75 Å². The Morgan fingerprint density at radius 2 is 2.04 bits per heavy atom. The molecule has 7 nitrogen and oxygen atoms in total. The number of anilines is 1. The first-order valence-corrected chi connectivity index (χ1v) is 7.17. The Labute approximate surface area is 134 Å². The SMILES string of the molecule is COCCOc1ccc(NC(=O)NCC(O)c2ccco2)cc1. The van der Waals surface area contributed by atoms with Crippen LogP contribution in [0.15, 0.2) is 47.1 Å². The molecule has 2 aromatic rings. The zero-order valence-electron chi connectivity index (χ0n) is 12.8. The number of hydrogen-bond donors (Lipinski definition) is 3. The number of carbonyl (C=O) groups is 1. The first kappa shape index (κ1) is 16.9. The number of benzene rings is 1. The number of hydrogen-bond acceptors (Lipinski definition) is 5. The van der Waals surface area contributed by atoms with E-state index in [1.807, 2.05) is 0 Å². The van der Waals surface area contributed by atoms with Crippen LogP contribution >= 0.6 is 0 Å². The first-order valence-electron chi connectivity index (χ1n) is 7.17. The van der Waals surface area contributed by atoms with Crippen LogP contribution in [-0.2, 0) is 4.74 Å². The van der Waals surface area contributed by atoms with E-state index in [0.29, 0.717) is 30.4 Å². The summed E-state index contributed by atoms with van der Waals surface area (Å²) in [6.45, 7) is 1.03. The van der Waals surface area contributed by atoms with Crippen LogP contribution in [0, 0.1) is 0 Å². The van der Waals surface area contributed by atoms with Crippen LogP contribution in [0.1, 0.15) is 11.9 Å². The quantitative estimate of drug-likeness (QED) is 0.648. The number of rotatable bonds is 8. The van der Waals surface area contributed by atoms with Crippen molar-refractivity contribution in [2.75, 3.05) is 32.2 Å². The van der Waals surface area contributed by atoms with E-state index in [-0.39, 0.29) is 6.54 Å². The Morgan fingerprint density at radius 3 is 2.70 bits per heavy atom. The van der Waals surface area contributed by atoms with Gasteiger partial charge >= 0.3 is 6.03 Å². The predicted molar refractivity (Wildman–Crippen MR) is 84.5 cm³/mol. The van der Waals surface area contributed by atoms with Crippen molar-refractivity contribution in [3.05, 3.63) is 48.4 Å². The van der Waals surface area contributed by atoms with Crippen molar-refractivity contribution in [3.63, 3.8) is 0 Å². The molecule has 1 aromatic carbocycles. The molecule has 0 aliphatic rings. The normalized spacial score (nSPS) is 11.7. The summed E-state index contributed by atoms with van der Waals surface area (Å²) in [5, 5.41) is 15.0. The van der Waals surface area contributed by atoms with Gasteiger partial charge in [0.1, 0.15) is 24.2 Å². The summed E-state index contributed by atoms with van der Waals surface area (Å²) >= 11 is 0. The Kier molecular flexibility index (Phi) is 6.46. The Hall–Kier alpha value is -2.51. The van der Waals surface area contributed by atoms with Gasteiger partial charge in [0.05, 0.1) is 19.4 Å². The van der Waals surface area contributed by atoms with Crippen LogP contribution in [-0.4, -0.2) is 38.0 Å². The third-order valence-electron chi connectivity index (χ3n) is 3.00. The van der Waals surface area contributed by atoms with Crippen LogP contribution in [0.4, 0.5) is 10.5 Å². The van der Waals surface area contributed by atoms with Crippen LogP contribution in [0.25, 0.3) is 0 Å². The Morgan fingerprint density at radius 1 is 1.26 bits per heavy atom. The van der Waals surface area contributed by atoms with Gasteiger partial charge in [-0.2, -0.15) is 0 Å². The van der Waals surface area contributed by atoms with Gasteiger partial charge in [-0.1, -0.05) is 0 Å². The molecule has 0 aliphatic carbocycles. The van der Waals surface area contributed by atoms with E-state index in [1.54, 1.807) is 43.5 Å². The monoisotopic (exact) mass is 320 g/mol. The van der Waals surface area contributed by atoms with E-state index in [0.717, 1.165) is 0 Å². The molecule has 7 heteroatoms. The summed E-state index contributed by atoms with van der Waals surface area (Å²) < 4.78 is 15.4. The zero-order valence-corrected chi connectivity index (χ0v) is 12.8. The van der Waals surface area contributed by atoms with Gasteiger partial charge in [-0.3, -0.25) is 0 Å². The molecule has 124 valence electrons. The number of aliphatic hydroxyl groups excluding tert-OH is 1. The van der Waals surface area contributed by atoms with Gasteiger partial charge in [0.25, 0.3) is 0 Å².